The summed E-state index contributed by atoms with van der Waals surface area (Å²) in [5.74, 6) is 0. The summed E-state index contributed by atoms with van der Waals surface area (Å²) < 4.78 is 29.1. The van der Waals surface area contributed by atoms with E-state index in [0.29, 0.717) is 6.54 Å². The highest BCUT2D eigenvalue weighted by molar-refractivity contribution is 4.96. The van der Waals surface area contributed by atoms with Crippen LogP contribution >= 0.6 is 0 Å². The number of hydrogen-bond donors (Lipinski definition) is 1. The van der Waals surface area contributed by atoms with Crippen molar-refractivity contribution in [2.24, 2.45) is 0 Å². The van der Waals surface area contributed by atoms with Crippen molar-refractivity contribution < 1.29 is 13.5 Å². The van der Waals surface area contributed by atoms with E-state index in [2.05, 4.69) is 5.32 Å². The summed E-state index contributed by atoms with van der Waals surface area (Å²) in [5.41, 5.74) is -1.03. The predicted octanol–water partition coefficient (Wildman–Crippen LogP) is 0.630. The maximum Gasteiger partial charge on any atom is 0.261 e. The van der Waals surface area contributed by atoms with Gasteiger partial charge in [0.25, 0.3) is 6.43 Å². The first-order valence-electron chi connectivity index (χ1n) is 3.32. The molecule has 0 aromatic carbocycles. The van der Waals surface area contributed by atoms with Gasteiger partial charge in [-0.05, 0) is 6.54 Å². The van der Waals surface area contributed by atoms with Gasteiger partial charge in [-0.1, -0.05) is 6.92 Å². The van der Waals surface area contributed by atoms with E-state index < -0.39 is 12.0 Å². The molecule has 0 atom stereocenters. The molecule has 1 aliphatic rings. The molecule has 2 nitrogen and oxygen atoms in total. The van der Waals surface area contributed by atoms with Gasteiger partial charge in [0.1, 0.15) is 5.54 Å². The summed E-state index contributed by atoms with van der Waals surface area (Å²) in [4.78, 5) is 0. The van der Waals surface area contributed by atoms with Crippen molar-refractivity contribution in [1.82, 2.24) is 5.32 Å². The highest BCUT2D eigenvalue weighted by Gasteiger charge is 2.46. The largest absolute Gasteiger partial charge is 0.377 e. The fourth-order valence-corrected chi connectivity index (χ4v) is 0.979. The Labute approximate surface area is 58.6 Å². The molecule has 1 aliphatic heterocycles. The minimum Gasteiger partial charge on any atom is -0.377 e. The molecule has 1 fully saturated rings. The van der Waals surface area contributed by atoms with E-state index in [1.54, 1.807) is 0 Å². The molecule has 0 unspecified atom stereocenters. The molecule has 4 heteroatoms. The third kappa shape index (κ3) is 1.13. The van der Waals surface area contributed by atoms with Gasteiger partial charge < -0.3 is 10.1 Å². The van der Waals surface area contributed by atoms with Crippen LogP contribution in [0.25, 0.3) is 0 Å². The Morgan fingerprint density at radius 2 is 2.20 bits per heavy atom. The van der Waals surface area contributed by atoms with Crippen LogP contribution in [0.3, 0.4) is 0 Å². The minimum absolute atomic E-state index is 0.137. The molecule has 0 spiro atoms. The topological polar surface area (TPSA) is 21.3 Å². The summed E-state index contributed by atoms with van der Waals surface area (Å²) in [6, 6.07) is 0. The molecule has 0 aromatic heterocycles. The molecule has 1 heterocycles. The Balaban J connectivity index is 2.42. The van der Waals surface area contributed by atoms with Crippen LogP contribution in [0.2, 0.25) is 0 Å². The molecule has 0 amide bonds. The first-order valence-corrected chi connectivity index (χ1v) is 3.32. The van der Waals surface area contributed by atoms with Crippen molar-refractivity contribution in [2.75, 3.05) is 19.8 Å². The normalized spacial score (nSPS) is 22.8. The van der Waals surface area contributed by atoms with Crippen molar-refractivity contribution in [3.8, 4) is 0 Å². The van der Waals surface area contributed by atoms with Crippen molar-refractivity contribution in [1.29, 1.82) is 0 Å². The lowest BCUT2D eigenvalue weighted by Gasteiger charge is -2.41. The third-order valence-electron chi connectivity index (χ3n) is 1.67. The van der Waals surface area contributed by atoms with Crippen LogP contribution in [0.15, 0.2) is 0 Å². The van der Waals surface area contributed by atoms with Crippen LogP contribution in [0.4, 0.5) is 8.78 Å². The predicted molar refractivity (Wildman–Crippen MR) is 33.2 cm³/mol. The van der Waals surface area contributed by atoms with Crippen LogP contribution in [-0.4, -0.2) is 31.7 Å². The molecule has 1 N–H and O–H groups in total. The summed E-state index contributed by atoms with van der Waals surface area (Å²) >= 11 is 0. The van der Waals surface area contributed by atoms with E-state index in [1.807, 2.05) is 6.92 Å². The molecule has 0 aromatic rings. The Hall–Kier alpha value is -0.220. The van der Waals surface area contributed by atoms with Crippen molar-refractivity contribution >= 4 is 0 Å². The Kier molecular flexibility index (Phi) is 2.21. The van der Waals surface area contributed by atoms with Crippen molar-refractivity contribution in [2.45, 2.75) is 18.9 Å². The Bertz CT molecular complexity index is 114. The minimum atomic E-state index is -2.32. The molecule has 0 bridgehead atoms. The first-order chi connectivity index (χ1) is 4.71. The second-order valence-electron chi connectivity index (χ2n) is 2.48. The second kappa shape index (κ2) is 2.80. The molecule has 1 saturated heterocycles. The molecule has 0 radical (unpaired) electrons. The van der Waals surface area contributed by atoms with E-state index in [1.165, 1.54) is 0 Å². The number of hydrogen-bond acceptors (Lipinski definition) is 2. The lowest BCUT2D eigenvalue weighted by atomic mass is 9.98. The second-order valence-corrected chi connectivity index (χ2v) is 2.48. The lowest BCUT2D eigenvalue weighted by molar-refractivity contribution is -0.143. The van der Waals surface area contributed by atoms with Gasteiger partial charge in [-0.15, -0.1) is 0 Å². The van der Waals surface area contributed by atoms with Crippen LogP contribution in [0.5, 0.6) is 0 Å². The quantitative estimate of drug-likeness (QED) is 0.638. The number of alkyl halides is 2. The van der Waals surface area contributed by atoms with Gasteiger partial charge in [0.05, 0.1) is 13.2 Å². The zero-order valence-electron chi connectivity index (χ0n) is 5.86. The maximum atomic E-state index is 12.2. The molecule has 10 heavy (non-hydrogen) atoms. The molecule has 60 valence electrons. The fraction of sp³-hybridized carbons (Fsp3) is 1.00. The monoisotopic (exact) mass is 151 g/mol. The number of likely N-dealkylation sites (N-methyl/N-ethyl adjacent to an activating group) is 1. The van der Waals surface area contributed by atoms with E-state index in [4.69, 9.17) is 4.74 Å². The van der Waals surface area contributed by atoms with Gasteiger partial charge in [-0.25, -0.2) is 8.78 Å². The van der Waals surface area contributed by atoms with E-state index >= 15 is 0 Å². The Morgan fingerprint density at radius 3 is 2.30 bits per heavy atom. The fourth-order valence-electron chi connectivity index (χ4n) is 0.979. The van der Waals surface area contributed by atoms with Gasteiger partial charge in [0, 0.05) is 0 Å². The standard InChI is InChI=1S/C6H11F2NO/c1-2-9-6(5(7)8)3-10-4-6/h5,9H,2-4H2,1H3. The van der Waals surface area contributed by atoms with E-state index in [-0.39, 0.29) is 13.2 Å². The highest BCUT2D eigenvalue weighted by atomic mass is 19.3. The smallest absolute Gasteiger partial charge is 0.261 e. The van der Waals surface area contributed by atoms with Crippen LogP contribution in [0, 0.1) is 0 Å². The summed E-state index contributed by atoms with van der Waals surface area (Å²) in [7, 11) is 0. The summed E-state index contributed by atoms with van der Waals surface area (Å²) in [6.45, 7) is 2.65. The van der Waals surface area contributed by atoms with Gasteiger partial charge >= 0.3 is 0 Å². The van der Waals surface area contributed by atoms with Gasteiger partial charge in [-0.3, -0.25) is 0 Å². The lowest BCUT2D eigenvalue weighted by Crippen LogP contribution is -2.65. The molecular formula is C6H11F2NO. The number of nitrogens with one attached hydrogen (secondary N) is 1. The molecule has 1 rings (SSSR count). The maximum absolute atomic E-state index is 12.2. The number of rotatable bonds is 3. The third-order valence-corrected chi connectivity index (χ3v) is 1.67. The zero-order chi connectivity index (χ0) is 7.61. The Morgan fingerprint density at radius 1 is 1.60 bits per heavy atom. The highest BCUT2D eigenvalue weighted by Crippen LogP contribution is 2.24. The van der Waals surface area contributed by atoms with E-state index in [0.717, 1.165) is 0 Å². The van der Waals surface area contributed by atoms with Gasteiger partial charge in [0.15, 0.2) is 0 Å². The average molecular weight is 151 g/mol. The zero-order valence-corrected chi connectivity index (χ0v) is 5.86. The van der Waals surface area contributed by atoms with Gasteiger partial charge in [0.2, 0.25) is 0 Å². The van der Waals surface area contributed by atoms with Crippen LogP contribution < -0.4 is 5.32 Å². The van der Waals surface area contributed by atoms with Gasteiger partial charge in [-0.2, -0.15) is 0 Å². The first kappa shape index (κ1) is 7.88. The van der Waals surface area contributed by atoms with Crippen LogP contribution in [-0.2, 0) is 4.74 Å². The SMILES string of the molecule is CCNC1(C(F)F)COC1. The van der Waals surface area contributed by atoms with Crippen molar-refractivity contribution in [3.63, 3.8) is 0 Å². The number of halogens is 2. The summed E-state index contributed by atoms with van der Waals surface area (Å²) in [6.07, 6.45) is -2.32. The van der Waals surface area contributed by atoms with Crippen molar-refractivity contribution in [3.05, 3.63) is 0 Å². The van der Waals surface area contributed by atoms with Crippen LogP contribution in [0.1, 0.15) is 6.92 Å². The summed E-state index contributed by atoms with van der Waals surface area (Å²) in [5, 5.41) is 2.72. The van der Waals surface area contributed by atoms with E-state index in [9.17, 15) is 8.78 Å². The molecular weight excluding hydrogens is 140 g/mol. The molecule has 0 aliphatic carbocycles. The molecule has 0 saturated carbocycles. The number of ether oxygens (including phenoxy) is 1. The average Bonchev–Trinajstić information content (AvgIpc) is 1.77.